The van der Waals surface area contributed by atoms with Crippen LogP contribution in [0.3, 0.4) is 0 Å². The summed E-state index contributed by atoms with van der Waals surface area (Å²) in [7, 11) is 0. The van der Waals surface area contributed by atoms with Gasteiger partial charge >= 0.3 is 0 Å². The van der Waals surface area contributed by atoms with E-state index in [1.165, 1.54) is 34.4 Å². The van der Waals surface area contributed by atoms with Gasteiger partial charge in [0.1, 0.15) is 10.8 Å². The number of halogens is 1. The number of rotatable bonds is 6. The summed E-state index contributed by atoms with van der Waals surface area (Å²) < 4.78 is 4.13. The van der Waals surface area contributed by atoms with Crippen LogP contribution in [0.25, 0.3) is 10.3 Å². The summed E-state index contributed by atoms with van der Waals surface area (Å²) in [5.41, 5.74) is 1.09. The van der Waals surface area contributed by atoms with E-state index in [1.54, 1.807) is 16.7 Å². The maximum absolute atomic E-state index is 12.7. The van der Waals surface area contributed by atoms with Gasteiger partial charge in [-0.2, -0.15) is 5.26 Å². The molecule has 1 N–H and O–H groups in total. The molecule has 0 aliphatic heterocycles. The fourth-order valence-electron chi connectivity index (χ4n) is 2.55. The number of aryl methyl sites for hydroxylation is 1. The van der Waals surface area contributed by atoms with E-state index in [2.05, 4.69) is 16.9 Å². The molecular formula is C18H14ClN5O2S2. The summed E-state index contributed by atoms with van der Waals surface area (Å²) in [5.74, 6) is -0.287. The lowest BCUT2D eigenvalue weighted by Crippen LogP contribution is -2.23. The van der Waals surface area contributed by atoms with Crippen molar-refractivity contribution in [3.63, 3.8) is 0 Å². The van der Waals surface area contributed by atoms with E-state index in [1.807, 2.05) is 6.07 Å². The number of nitrogens with one attached hydrogen (secondary N) is 1. The van der Waals surface area contributed by atoms with Gasteiger partial charge < -0.3 is 9.88 Å². The summed E-state index contributed by atoms with van der Waals surface area (Å²) in [6.07, 6.45) is 3.18. The number of nitriles is 1. The number of anilines is 1. The number of carbonyl (C=O) groups excluding carboxylic acids is 1. The van der Waals surface area contributed by atoms with Crippen molar-refractivity contribution in [3.8, 4) is 6.07 Å². The second kappa shape index (κ2) is 8.48. The number of allylic oxidation sites excluding steroid dienone is 1. The minimum absolute atomic E-state index is 0.0729. The van der Waals surface area contributed by atoms with Gasteiger partial charge in [0.15, 0.2) is 9.60 Å². The first kappa shape index (κ1) is 19.9. The molecule has 28 heavy (non-hydrogen) atoms. The fraction of sp³-hybridized carbons (Fsp3) is 0.167. The zero-order chi connectivity index (χ0) is 20.3. The molecule has 0 saturated heterocycles. The van der Waals surface area contributed by atoms with Crippen LogP contribution in [0.4, 0.5) is 5.69 Å². The Morgan fingerprint density at radius 3 is 2.96 bits per heavy atom. The van der Waals surface area contributed by atoms with Gasteiger partial charge in [0.25, 0.3) is 5.56 Å². The van der Waals surface area contributed by atoms with Crippen LogP contribution in [0.2, 0.25) is 5.02 Å². The third kappa shape index (κ3) is 4.04. The fourth-order valence-corrected chi connectivity index (χ4v) is 4.09. The van der Waals surface area contributed by atoms with Crippen LogP contribution in [0.1, 0.15) is 12.0 Å². The number of carbonyl (C=O) groups is 1. The van der Waals surface area contributed by atoms with Gasteiger partial charge in [-0.15, -0.1) is 6.58 Å². The predicted molar refractivity (Wildman–Crippen MR) is 112 cm³/mol. The van der Waals surface area contributed by atoms with Crippen LogP contribution in [-0.2, 0) is 17.9 Å². The summed E-state index contributed by atoms with van der Waals surface area (Å²) in [6.45, 7) is 4.33. The third-order valence-corrected chi connectivity index (χ3v) is 5.65. The lowest BCUT2D eigenvalue weighted by molar-refractivity contribution is -0.116. The highest BCUT2D eigenvalue weighted by Crippen LogP contribution is 2.20. The van der Waals surface area contributed by atoms with E-state index in [9.17, 15) is 9.59 Å². The Kier molecular flexibility index (Phi) is 6.04. The van der Waals surface area contributed by atoms with Crippen LogP contribution in [0.15, 0.2) is 42.0 Å². The molecule has 3 rings (SSSR count). The summed E-state index contributed by atoms with van der Waals surface area (Å²) >= 11 is 12.4. The van der Waals surface area contributed by atoms with Crippen molar-refractivity contribution >= 4 is 57.1 Å². The standard InChI is InChI=1S/C18H14ClN5O2S2/c1-2-6-24-16-15(28-18(24)27)17(26)23(10-21-16)7-5-14(25)22-12-4-3-11(9-20)13(19)8-12/h2-4,8,10H,1,5-7H2,(H,22,25). The molecule has 0 radical (unpaired) electrons. The first-order chi connectivity index (χ1) is 13.4. The molecule has 10 heteroatoms. The van der Waals surface area contributed by atoms with Crippen LogP contribution in [0.5, 0.6) is 0 Å². The van der Waals surface area contributed by atoms with Crippen molar-refractivity contribution in [2.24, 2.45) is 0 Å². The van der Waals surface area contributed by atoms with Crippen molar-refractivity contribution < 1.29 is 4.79 Å². The molecule has 0 aliphatic carbocycles. The number of hydrogen-bond acceptors (Lipinski definition) is 6. The maximum atomic E-state index is 12.7. The van der Waals surface area contributed by atoms with E-state index < -0.39 is 0 Å². The number of amides is 1. The monoisotopic (exact) mass is 431 g/mol. The van der Waals surface area contributed by atoms with Crippen molar-refractivity contribution in [1.82, 2.24) is 14.1 Å². The van der Waals surface area contributed by atoms with Gasteiger partial charge in [-0.1, -0.05) is 29.0 Å². The third-order valence-electron chi connectivity index (χ3n) is 3.91. The largest absolute Gasteiger partial charge is 0.326 e. The van der Waals surface area contributed by atoms with E-state index in [4.69, 9.17) is 29.1 Å². The van der Waals surface area contributed by atoms with Crippen molar-refractivity contribution in [1.29, 1.82) is 5.26 Å². The summed E-state index contributed by atoms with van der Waals surface area (Å²) in [5, 5.41) is 11.8. The Balaban J connectivity index is 1.74. The van der Waals surface area contributed by atoms with Gasteiger partial charge in [-0.05, 0) is 30.4 Å². The van der Waals surface area contributed by atoms with Crippen molar-refractivity contribution in [2.45, 2.75) is 19.5 Å². The van der Waals surface area contributed by atoms with Crippen LogP contribution < -0.4 is 10.9 Å². The van der Waals surface area contributed by atoms with Gasteiger partial charge in [-0.3, -0.25) is 14.2 Å². The SMILES string of the molecule is C=CCn1c(=S)sc2c(=O)n(CCC(=O)Nc3ccc(C#N)c(Cl)c3)cnc21. The lowest BCUT2D eigenvalue weighted by atomic mass is 10.2. The summed E-state index contributed by atoms with van der Waals surface area (Å²) in [4.78, 5) is 29.2. The first-order valence-electron chi connectivity index (χ1n) is 8.13. The zero-order valence-corrected chi connectivity index (χ0v) is 16.9. The maximum Gasteiger partial charge on any atom is 0.272 e. The van der Waals surface area contributed by atoms with E-state index in [0.717, 1.165) is 0 Å². The predicted octanol–water partition coefficient (Wildman–Crippen LogP) is 3.73. The minimum atomic E-state index is -0.287. The van der Waals surface area contributed by atoms with Crippen LogP contribution in [0, 0.1) is 15.3 Å². The molecule has 0 unspecified atom stereocenters. The molecule has 1 aromatic carbocycles. The van der Waals surface area contributed by atoms with E-state index in [0.29, 0.717) is 32.1 Å². The highest BCUT2D eigenvalue weighted by molar-refractivity contribution is 7.73. The molecule has 142 valence electrons. The van der Waals surface area contributed by atoms with E-state index >= 15 is 0 Å². The van der Waals surface area contributed by atoms with Crippen molar-refractivity contribution in [3.05, 3.63) is 62.1 Å². The second-order valence-electron chi connectivity index (χ2n) is 5.77. The molecule has 0 aliphatic rings. The number of benzene rings is 1. The Morgan fingerprint density at radius 2 is 2.29 bits per heavy atom. The Morgan fingerprint density at radius 1 is 1.50 bits per heavy atom. The second-order valence-corrected chi connectivity index (χ2v) is 7.82. The Bertz CT molecular complexity index is 1240. The quantitative estimate of drug-likeness (QED) is 0.474. The molecule has 3 aromatic rings. The minimum Gasteiger partial charge on any atom is -0.326 e. The Labute approximate surface area is 174 Å². The average Bonchev–Trinajstić information content (AvgIpc) is 2.98. The number of aromatic nitrogens is 3. The smallest absolute Gasteiger partial charge is 0.272 e. The number of hydrogen-bond donors (Lipinski definition) is 1. The molecule has 1 amide bonds. The number of fused-ring (bicyclic) bond motifs is 1. The number of nitrogens with zero attached hydrogens (tertiary/aromatic N) is 4. The Hall–Kier alpha value is -2.80. The molecule has 0 spiro atoms. The lowest BCUT2D eigenvalue weighted by Gasteiger charge is -2.08. The molecule has 7 nitrogen and oxygen atoms in total. The normalized spacial score (nSPS) is 10.6. The highest BCUT2D eigenvalue weighted by Gasteiger charge is 2.12. The first-order valence-corrected chi connectivity index (χ1v) is 9.74. The number of thiazole rings is 1. The molecule has 0 bridgehead atoms. The molecule has 0 saturated carbocycles. The molecule has 2 aromatic heterocycles. The summed E-state index contributed by atoms with van der Waals surface area (Å²) in [6, 6.07) is 6.58. The van der Waals surface area contributed by atoms with Crippen LogP contribution >= 0.6 is 35.2 Å². The molecule has 2 heterocycles. The van der Waals surface area contributed by atoms with Gasteiger partial charge in [0.05, 0.1) is 16.9 Å². The van der Waals surface area contributed by atoms with Gasteiger partial charge in [0.2, 0.25) is 5.91 Å². The molecule has 0 atom stereocenters. The van der Waals surface area contributed by atoms with Crippen LogP contribution in [-0.4, -0.2) is 20.0 Å². The average molecular weight is 432 g/mol. The molecule has 0 fully saturated rings. The topological polar surface area (TPSA) is 92.7 Å². The van der Waals surface area contributed by atoms with Gasteiger partial charge in [-0.25, -0.2) is 4.98 Å². The zero-order valence-electron chi connectivity index (χ0n) is 14.5. The van der Waals surface area contributed by atoms with Crippen molar-refractivity contribution in [2.75, 3.05) is 5.32 Å². The highest BCUT2D eigenvalue weighted by atomic mass is 35.5. The van der Waals surface area contributed by atoms with Gasteiger partial charge in [0, 0.05) is 25.2 Å². The van der Waals surface area contributed by atoms with E-state index in [-0.39, 0.29) is 29.5 Å². The molecular weight excluding hydrogens is 418 g/mol.